The van der Waals surface area contributed by atoms with Gasteiger partial charge < -0.3 is 4.90 Å². The maximum absolute atomic E-state index is 13.6. The molecule has 200 valence electrons. The number of anilines is 1. The summed E-state index contributed by atoms with van der Waals surface area (Å²) in [4.78, 5) is 17.0. The van der Waals surface area contributed by atoms with Crippen molar-refractivity contribution in [2.45, 2.75) is 58.5 Å². The minimum absolute atomic E-state index is 0.108. The molecule has 4 nitrogen and oxygen atoms in total. The Morgan fingerprint density at radius 3 is 2.54 bits per heavy atom. The second-order valence-corrected chi connectivity index (χ2v) is 14.1. The van der Waals surface area contributed by atoms with Gasteiger partial charge in [-0.05, 0) is 67.5 Å². The second kappa shape index (κ2) is 10.3. The molecule has 39 heavy (non-hydrogen) atoms. The average molecular weight is 573 g/mol. The number of hydrogen-bond acceptors (Lipinski definition) is 5. The monoisotopic (exact) mass is 572 g/mol. The average Bonchev–Trinajstić information content (AvgIpc) is 3.53. The summed E-state index contributed by atoms with van der Waals surface area (Å²) in [5, 5.41) is 2.32. The number of fused-ring (bicyclic) bond motifs is 2. The number of benzene rings is 2. The SMILES string of the molecule is CCn1c(=CC2=CC(=Cc3sc4ccccc4[n+]3CC)CC(C)(C)C2)sc(=C2Sc3ccccc3N2C)c1=O. The van der Waals surface area contributed by atoms with Crippen molar-refractivity contribution in [3.8, 4) is 0 Å². The molecule has 0 radical (unpaired) electrons. The maximum atomic E-state index is 13.6. The molecule has 0 unspecified atom stereocenters. The van der Waals surface area contributed by atoms with Gasteiger partial charge in [-0.25, -0.2) is 0 Å². The first kappa shape index (κ1) is 26.4. The van der Waals surface area contributed by atoms with Crippen LogP contribution in [0, 0.1) is 5.41 Å². The zero-order valence-corrected chi connectivity index (χ0v) is 25.6. The Kier molecular flexibility index (Phi) is 6.94. The third-order valence-electron chi connectivity index (χ3n) is 7.47. The number of nitrogens with zero attached hydrogens (tertiary/aromatic N) is 3. The topological polar surface area (TPSA) is 29.1 Å². The number of thioether (sulfide) groups is 1. The summed E-state index contributed by atoms with van der Waals surface area (Å²) in [6.45, 7) is 10.6. The number of hydrogen-bond donors (Lipinski definition) is 0. The molecule has 7 heteroatoms. The molecule has 1 aliphatic carbocycles. The number of aryl methyl sites for hydroxylation is 1. The fraction of sp³-hybridized carbons (Fsp3) is 0.312. The molecule has 0 fully saturated rings. The minimum Gasteiger partial charge on any atom is -0.337 e. The lowest BCUT2D eigenvalue weighted by atomic mass is 9.75. The zero-order chi connectivity index (χ0) is 27.3. The smallest absolute Gasteiger partial charge is 0.271 e. The van der Waals surface area contributed by atoms with Gasteiger partial charge in [0.15, 0.2) is 0 Å². The van der Waals surface area contributed by atoms with Crippen molar-refractivity contribution in [1.82, 2.24) is 4.57 Å². The van der Waals surface area contributed by atoms with Gasteiger partial charge in [-0.15, -0.1) is 11.3 Å². The van der Waals surface area contributed by atoms with E-state index in [1.54, 1.807) is 23.1 Å². The molecule has 0 saturated carbocycles. The van der Waals surface area contributed by atoms with E-state index in [2.05, 4.69) is 111 Å². The van der Waals surface area contributed by atoms with Crippen LogP contribution in [0.2, 0.25) is 0 Å². The highest BCUT2D eigenvalue weighted by Crippen LogP contribution is 2.45. The van der Waals surface area contributed by atoms with Gasteiger partial charge in [-0.1, -0.05) is 67.3 Å². The third kappa shape index (κ3) is 4.85. The number of para-hydroxylation sites is 2. The summed E-state index contributed by atoms with van der Waals surface area (Å²) in [7, 11) is 2.06. The van der Waals surface area contributed by atoms with Crippen molar-refractivity contribution in [1.29, 1.82) is 0 Å². The summed E-state index contributed by atoms with van der Waals surface area (Å²) in [5.41, 5.74) is 5.36. The van der Waals surface area contributed by atoms with E-state index >= 15 is 0 Å². The molecular formula is C32H34N3OS3+. The molecule has 2 aromatic heterocycles. The molecule has 3 heterocycles. The molecule has 2 aromatic carbocycles. The van der Waals surface area contributed by atoms with Crippen LogP contribution >= 0.6 is 34.4 Å². The van der Waals surface area contributed by atoms with Crippen LogP contribution in [0.1, 0.15) is 45.5 Å². The fourth-order valence-corrected chi connectivity index (χ4v) is 9.46. The lowest BCUT2D eigenvalue weighted by Crippen LogP contribution is -2.33. The molecular weight excluding hydrogens is 539 g/mol. The van der Waals surface area contributed by atoms with Crippen molar-refractivity contribution in [3.63, 3.8) is 0 Å². The molecule has 0 saturated heterocycles. The molecule has 1 aliphatic heterocycles. The number of rotatable bonds is 4. The normalized spacial score (nSPS) is 19.7. The van der Waals surface area contributed by atoms with Gasteiger partial charge in [0.25, 0.3) is 10.6 Å². The molecule has 0 N–H and O–H groups in total. The first-order chi connectivity index (χ1) is 18.8. The molecule has 0 bridgehead atoms. The van der Waals surface area contributed by atoms with E-state index < -0.39 is 0 Å². The van der Waals surface area contributed by atoms with Gasteiger partial charge in [0, 0.05) is 30.6 Å². The minimum atomic E-state index is 0.108. The molecule has 0 atom stereocenters. The fourth-order valence-electron chi connectivity index (χ4n) is 5.77. The van der Waals surface area contributed by atoms with Gasteiger partial charge in [-0.2, -0.15) is 4.57 Å². The Morgan fingerprint density at radius 1 is 1.00 bits per heavy atom. The largest absolute Gasteiger partial charge is 0.337 e. The maximum Gasteiger partial charge on any atom is 0.271 e. The summed E-state index contributed by atoms with van der Waals surface area (Å²) in [5.74, 6) is 0. The van der Waals surface area contributed by atoms with Crippen LogP contribution in [0.5, 0.6) is 0 Å². The Labute approximate surface area is 241 Å². The van der Waals surface area contributed by atoms with E-state index in [9.17, 15) is 4.79 Å². The van der Waals surface area contributed by atoms with Crippen LogP contribution in [0.25, 0.3) is 27.4 Å². The summed E-state index contributed by atoms with van der Waals surface area (Å²) >= 11 is 5.18. The molecule has 0 amide bonds. The van der Waals surface area contributed by atoms with Gasteiger partial charge in [-0.3, -0.25) is 9.36 Å². The number of aromatic nitrogens is 2. The standard InChI is InChI=1S/C32H34N3OS3/c1-6-34-24-13-9-11-15-26(24)37-27(34)17-21-16-22(20-32(3,4)19-21)18-28-35(7-2)30(36)29(39-28)31-33(5)23-12-8-10-14-25(23)38-31/h8-18H,6-7,19-20H2,1-5H3/q+1. The van der Waals surface area contributed by atoms with Gasteiger partial charge >= 0.3 is 0 Å². The van der Waals surface area contributed by atoms with Gasteiger partial charge in [0.1, 0.15) is 20.8 Å². The summed E-state index contributed by atoms with van der Waals surface area (Å²) in [6, 6.07) is 17.0. The lowest BCUT2D eigenvalue weighted by Gasteiger charge is -2.30. The highest BCUT2D eigenvalue weighted by Gasteiger charge is 2.27. The van der Waals surface area contributed by atoms with Crippen molar-refractivity contribution in [2.75, 3.05) is 11.9 Å². The highest BCUT2D eigenvalue weighted by atomic mass is 32.2. The van der Waals surface area contributed by atoms with Crippen LogP contribution in [0.4, 0.5) is 5.69 Å². The summed E-state index contributed by atoms with van der Waals surface area (Å²) < 4.78 is 7.53. The van der Waals surface area contributed by atoms with Crippen LogP contribution in [-0.4, -0.2) is 11.6 Å². The van der Waals surface area contributed by atoms with E-state index in [0.29, 0.717) is 6.54 Å². The van der Waals surface area contributed by atoms with Crippen LogP contribution in [0.15, 0.2) is 75.4 Å². The van der Waals surface area contributed by atoms with Crippen molar-refractivity contribution < 1.29 is 4.57 Å². The van der Waals surface area contributed by atoms with Crippen LogP contribution in [0.3, 0.4) is 0 Å². The Morgan fingerprint density at radius 2 is 1.77 bits per heavy atom. The van der Waals surface area contributed by atoms with Gasteiger partial charge in [0.05, 0.1) is 10.4 Å². The first-order valence-electron chi connectivity index (χ1n) is 13.6. The quantitative estimate of drug-likeness (QED) is 0.266. The first-order valence-corrected chi connectivity index (χ1v) is 16.0. The van der Waals surface area contributed by atoms with Crippen LogP contribution in [-0.2, 0) is 13.1 Å². The lowest BCUT2D eigenvalue weighted by molar-refractivity contribution is -0.665. The Balaban J connectivity index is 1.46. The Bertz CT molecular complexity index is 1830. The molecule has 4 aromatic rings. The van der Waals surface area contributed by atoms with E-state index in [4.69, 9.17) is 0 Å². The molecule has 2 aliphatic rings. The number of thiazole rings is 2. The van der Waals surface area contributed by atoms with Crippen molar-refractivity contribution >= 4 is 67.5 Å². The summed E-state index contributed by atoms with van der Waals surface area (Å²) in [6.07, 6.45) is 9.04. The predicted molar refractivity (Wildman–Crippen MR) is 169 cm³/mol. The van der Waals surface area contributed by atoms with Gasteiger partial charge in [0.2, 0.25) is 5.52 Å². The number of allylic oxidation sites excluding steroid dienone is 3. The Hall–Kier alpha value is -2.87. The predicted octanol–water partition coefficient (Wildman–Crippen LogP) is 6.37. The molecule has 0 spiro atoms. The molecule has 6 rings (SSSR count). The van der Waals surface area contributed by atoms with Crippen molar-refractivity contribution in [2.24, 2.45) is 5.41 Å². The van der Waals surface area contributed by atoms with E-state index in [1.165, 1.54) is 31.3 Å². The van der Waals surface area contributed by atoms with Crippen molar-refractivity contribution in [3.05, 3.63) is 90.3 Å². The third-order valence-corrected chi connectivity index (χ3v) is 11.1. The van der Waals surface area contributed by atoms with Crippen LogP contribution < -0.4 is 24.2 Å². The van der Waals surface area contributed by atoms with E-state index in [0.717, 1.165) is 39.3 Å². The van der Waals surface area contributed by atoms with E-state index in [1.807, 2.05) is 15.9 Å². The second-order valence-electron chi connectivity index (χ2n) is 11.0. The van der Waals surface area contributed by atoms with E-state index in [-0.39, 0.29) is 11.0 Å². The highest BCUT2D eigenvalue weighted by molar-refractivity contribution is 8.08. The zero-order valence-electron chi connectivity index (χ0n) is 23.2.